The van der Waals surface area contributed by atoms with E-state index in [2.05, 4.69) is 19.6 Å². The lowest BCUT2D eigenvalue weighted by Crippen LogP contribution is -2.23. The second kappa shape index (κ2) is 3.31. The summed E-state index contributed by atoms with van der Waals surface area (Å²) in [5.41, 5.74) is 1.09. The van der Waals surface area contributed by atoms with Gasteiger partial charge in [0.15, 0.2) is 0 Å². The summed E-state index contributed by atoms with van der Waals surface area (Å²) < 4.78 is 0. The lowest BCUT2D eigenvalue weighted by molar-refractivity contribution is 0.470. The van der Waals surface area contributed by atoms with E-state index in [-0.39, 0.29) is 0 Å². The van der Waals surface area contributed by atoms with E-state index in [0.717, 1.165) is 11.6 Å². The fourth-order valence-electron chi connectivity index (χ4n) is 1.23. The second-order valence-electron chi connectivity index (χ2n) is 4.37. The third-order valence-corrected chi connectivity index (χ3v) is 3.15. The van der Waals surface area contributed by atoms with Crippen LogP contribution >= 0.6 is 0 Å². The van der Waals surface area contributed by atoms with Crippen LogP contribution in [0.2, 0.25) is 19.6 Å². The molecule has 0 aliphatic heterocycles. The van der Waals surface area contributed by atoms with Gasteiger partial charge in [0.1, 0.15) is 5.75 Å². The Labute approximate surface area is 75.1 Å². The topological polar surface area (TPSA) is 20.2 Å². The number of hydrogen-bond acceptors (Lipinski definition) is 1. The first-order valence-electron chi connectivity index (χ1n) is 4.26. The summed E-state index contributed by atoms with van der Waals surface area (Å²) in [6.45, 7) is 6.91. The molecule has 1 rings (SSSR count). The number of aromatic hydroxyl groups is 1. The van der Waals surface area contributed by atoms with Crippen LogP contribution in [0.1, 0.15) is 5.56 Å². The highest BCUT2D eigenvalue weighted by molar-refractivity contribution is 6.75. The lowest BCUT2D eigenvalue weighted by atomic mass is 10.2. The minimum Gasteiger partial charge on any atom is -0.508 e. The number of rotatable bonds is 2. The summed E-state index contributed by atoms with van der Waals surface area (Å²) in [4.78, 5) is 0. The Morgan fingerprint density at radius 2 is 1.75 bits per heavy atom. The molecule has 2 heteroatoms. The number of phenols is 1. The van der Waals surface area contributed by atoms with Gasteiger partial charge in [-0.2, -0.15) is 0 Å². The van der Waals surface area contributed by atoms with Crippen LogP contribution < -0.4 is 0 Å². The average Bonchev–Trinajstić information content (AvgIpc) is 1.91. The first-order valence-corrected chi connectivity index (χ1v) is 7.97. The molecule has 0 atom stereocenters. The summed E-state index contributed by atoms with van der Waals surface area (Å²) in [5, 5.41) is 9.50. The van der Waals surface area contributed by atoms with Gasteiger partial charge in [0.05, 0.1) is 0 Å². The molecule has 0 heterocycles. The average molecular weight is 180 g/mol. The highest BCUT2D eigenvalue weighted by atomic mass is 28.3. The molecule has 1 N–H and O–H groups in total. The van der Waals surface area contributed by atoms with Crippen molar-refractivity contribution in [2.45, 2.75) is 25.7 Å². The van der Waals surface area contributed by atoms with Gasteiger partial charge < -0.3 is 5.11 Å². The molecule has 0 aliphatic carbocycles. The van der Waals surface area contributed by atoms with E-state index < -0.39 is 8.07 Å². The number of hydrogen-bond donors (Lipinski definition) is 1. The van der Waals surface area contributed by atoms with Crippen LogP contribution in [0.5, 0.6) is 5.75 Å². The first kappa shape index (κ1) is 9.33. The second-order valence-corrected chi connectivity index (χ2v) is 9.84. The first-order chi connectivity index (χ1) is 5.49. The van der Waals surface area contributed by atoms with Crippen LogP contribution in [0.25, 0.3) is 0 Å². The molecule has 0 fully saturated rings. The molecule has 0 aromatic heterocycles. The lowest BCUT2D eigenvalue weighted by Gasteiger charge is -2.16. The summed E-state index contributed by atoms with van der Waals surface area (Å²) in [6, 6.07) is 8.67. The fourth-order valence-corrected chi connectivity index (χ4v) is 2.67. The summed E-state index contributed by atoms with van der Waals surface area (Å²) in [6.07, 6.45) is 0. The maximum absolute atomic E-state index is 9.50. The highest BCUT2D eigenvalue weighted by Gasteiger charge is 2.15. The van der Waals surface area contributed by atoms with Gasteiger partial charge in [0.25, 0.3) is 0 Å². The molecule has 0 amide bonds. The Morgan fingerprint density at radius 1 is 1.17 bits per heavy atom. The molecule has 0 bridgehead atoms. The van der Waals surface area contributed by atoms with Crippen molar-refractivity contribution in [3.63, 3.8) is 0 Å². The molecule has 0 saturated carbocycles. The molecule has 0 unspecified atom stereocenters. The molecule has 66 valence electrons. The monoisotopic (exact) mass is 180 g/mol. The molecular weight excluding hydrogens is 164 g/mol. The Bertz CT molecular complexity index is 263. The SMILES string of the molecule is C[Si](C)(C)Cc1ccccc1O. The zero-order valence-electron chi connectivity index (χ0n) is 7.96. The van der Waals surface area contributed by atoms with Crippen molar-refractivity contribution in [1.82, 2.24) is 0 Å². The van der Waals surface area contributed by atoms with Crippen LogP contribution in [0.4, 0.5) is 0 Å². The van der Waals surface area contributed by atoms with Gasteiger partial charge in [-0.1, -0.05) is 37.8 Å². The van der Waals surface area contributed by atoms with Crippen molar-refractivity contribution in [3.05, 3.63) is 29.8 Å². The van der Waals surface area contributed by atoms with E-state index in [4.69, 9.17) is 0 Å². The molecule has 0 saturated heterocycles. The highest BCUT2D eigenvalue weighted by Crippen LogP contribution is 2.20. The number of phenolic OH excluding ortho intramolecular Hbond substituents is 1. The molecule has 0 radical (unpaired) electrons. The van der Waals surface area contributed by atoms with Crippen LogP contribution in [0.3, 0.4) is 0 Å². The zero-order valence-corrected chi connectivity index (χ0v) is 8.96. The Hall–Kier alpha value is -0.763. The minimum absolute atomic E-state index is 0.444. The van der Waals surface area contributed by atoms with Gasteiger partial charge in [-0.05, 0) is 17.7 Å². The number of benzene rings is 1. The maximum atomic E-state index is 9.50. The smallest absolute Gasteiger partial charge is 0.118 e. The molecule has 1 nitrogen and oxygen atoms in total. The maximum Gasteiger partial charge on any atom is 0.118 e. The molecule has 0 aliphatic rings. The van der Waals surface area contributed by atoms with E-state index >= 15 is 0 Å². The van der Waals surface area contributed by atoms with Crippen molar-refractivity contribution in [1.29, 1.82) is 0 Å². The van der Waals surface area contributed by atoms with Gasteiger partial charge in [-0.25, -0.2) is 0 Å². The van der Waals surface area contributed by atoms with Crippen molar-refractivity contribution in [2.75, 3.05) is 0 Å². The van der Waals surface area contributed by atoms with Gasteiger partial charge in [0, 0.05) is 8.07 Å². The zero-order chi connectivity index (χ0) is 9.19. The van der Waals surface area contributed by atoms with Gasteiger partial charge in [-0.3, -0.25) is 0 Å². The van der Waals surface area contributed by atoms with E-state index in [1.165, 1.54) is 0 Å². The Balaban J connectivity index is 2.83. The summed E-state index contributed by atoms with van der Waals surface area (Å²) >= 11 is 0. The molecule has 12 heavy (non-hydrogen) atoms. The van der Waals surface area contributed by atoms with Crippen molar-refractivity contribution >= 4 is 8.07 Å². The van der Waals surface area contributed by atoms with E-state index in [0.29, 0.717) is 5.75 Å². The molecule has 0 spiro atoms. The minimum atomic E-state index is -1.09. The van der Waals surface area contributed by atoms with Crippen LogP contribution in [0.15, 0.2) is 24.3 Å². The molecular formula is C10H16OSi. The number of para-hydroxylation sites is 1. The van der Waals surface area contributed by atoms with Crippen LogP contribution in [-0.2, 0) is 6.04 Å². The standard InChI is InChI=1S/C10H16OSi/c1-12(2,3)8-9-6-4-5-7-10(9)11/h4-7,11H,8H2,1-3H3. The van der Waals surface area contributed by atoms with Gasteiger partial charge in [0.2, 0.25) is 0 Å². The summed E-state index contributed by atoms with van der Waals surface area (Å²) in [5.74, 6) is 0.444. The predicted octanol–water partition coefficient (Wildman–Crippen LogP) is 2.81. The van der Waals surface area contributed by atoms with Crippen molar-refractivity contribution < 1.29 is 5.11 Å². The van der Waals surface area contributed by atoms with Crippen molar-refractivity contribution in [3.8, 4) is 5.75 Å². The predicted molar refractivity (Wildman–Crippen MR) is 55.2 cm³/mol. The third-order valence-electron chi connectivity index (χ3n) is 1.71. The fraction of sp³-hybridized carbons (Fsp3) is 0.400. The van der Waals surface area contributed by atoms with Gasteiger partial charge >= 0.3 is 0 Å². The van der Waals surface area contributed by atoms with E-state index in [9.17, 15) is 5.11 Å². The summed E-state index contributed by atoms with van der Waals surface area (Å²) in [7, 11) is -1.09. The quantitative estimate of drug-likeness (QED) is 0.694. The van der Waals surface area contributed by atoms with Crippen molar-refractivity contribution in [2.24, 2.45) is 0 Å². The van der Waals surface area contributed by atoms with E-state index in [1.807, 2.05) is 18.2 Å². The van der Waals surface area contributed by atoms with Crippen LogP contribution in [-0.4, -0.2) is 13.2 Å². The third kappa shape index (κ3) is 2.70. The largest absolute Gasteiger partial charge is 0.508 e. The van der Waals surface area contributed by atoms with Crippen LogP contribution in [0, 0.1) is 0 Å². The van der Waals surface area contributed by atoms with E-state index in [1.54, 1.807) is 6.07 Å². The molecule has 1 aromatic carbocycles. The Morgan fingerprint density at radius 3 is 2.25 bits per heavy atom. The Kier molecular flexibility index (Phi) is 2.57. The normalized spacial score (nSPS) is 11.6. The van der Waals surface area contributed by atoms with Gasteiger partial charge in [-0.15, -0.1) is 0 Å². The molecule has 1 aromatic rings.